The Hall–Kier alpha value is -0.870. The van der Waals surface area contributed by atoms with Gasteiger partial charge in [-0.05, 0) is 51.4 Å². The quantitative estimate of drug-likeness (QED) is 0.908. The van der Waals surface area contributed by atoms with Gasteiger partial charge in [0.2, 0.25) is 5.91 Å². The minimum atomic E-state index is 0.186. The van der Waals surface area contributed by atoms with Gasteiger partial charge in [-0.1, -0.05) is 0 Å². The molecule has 2 unspecified atom stereocenters. The van der Waals surface area contributed by atoms with Crippen molar-refractivity contribution in [1.29, 1.82) is 0 Å². The zero-order valence-corrected chi connectivity index (χ0v) is 12.2. The molecule has 1 aliphatic rings. The van der Waals surface area contributed by atoms with Crippen molar-refractivity contribution < 1.29 is 4.79 Å². The fraction of sp³-hybridized carbons (Fsp3) is 0.643. The number of rotatable bonds is 4. The Morgan fingerprint density at radius 1 is 1.61 bits per heavy atom. The number of aryl methyl sites for hydroxylation is 1. The first-order valence-electron chi connectivity index (χ1n) is 6.60. The Balaban J connectivity index is 1.92. The van der Waals surface area contributed by atoms with Crippen LogP contribution in [0.1, 0.15) is 35.6 Å². The number of hydrogen-bond donors (Lipinski definition) is 1. The summed E-state index contributed by atoms with van der Waals surface area (Å²) in [4.78, 5) is 16.7. The Bertz CT molecular complexity index is 410. The third-order valence-corrected chi connectivity index (χ3v) is 4.94. The van der Waals surface area contributed by atoms with Crippen molar-refractivity contribution >= 4 is 17.2 Å². The fourth-order valence-corrected chi connectivity index (χ4v) is 3.34. The average Bonchev–Trinajstić information content (AvgIpc) is 2.98. The highest BCUT2D eigenvalue weighted by atomic mass is 32.1. The summed E-state index contributed by atoms with van der Waals surface area (Å²) >= 11 is 1.78. The molecule has 1 fully saturated rings. The van der Waals surface area contributed by atoms with Crippen molar-refractivity contribution in [2.24, 2.45) is 5.92 Å². The van der Waals surface area contributed by atoms with Gasteiger partial charge in [-0.2, -0.15) is 0 Å². The molecule has 1 N–H and O–H groups in total. The first-order valence-corrected chi connectivity index (χ1v) is 7.42. The Morgan fingerprint density at radius 2 is 2.39 bits per heavy atom. The first kappa shape index (κ1) is 13.6. The van der Waals surface area contributed by atoms with Gasteiger partial charge in [-0.3, -0.25) is 4.79 Å². The van der Waals surface area contributed by atoms with Gasteiger partial charge in [0, 0.05) is 23.2 Å². The number of amides is 1. The van der Waals surface area contributed by atoms with Gasteiger partial charge in [-0.15, -0.1) is 11.3 Å². The van der Waals surface area contributed by atoms with Crippen molar-refractivity contribution in [2.45, 2.75) is 32.7 Å². The van der Waals surface area contributed by atoms with E-state index in [0.717, 1.165) is 19.5 Å². The SMILES string of the molecule is Cc1ccc(C(C)N(C)C(=O)CC2CCNC2)s1. The fourth-order valence-electron chi connectivity index (χ4n) is 2.36. The van der Waals surface area contributed by atoms with Gasteiger partial charge in [0.05, 0.1) is 6.04 Å². The first-order chi connectivity index (χ1) is 8.58. The Labute approximate surface area is 113 Å². The highest BCUT2D eigenvalue weighted by molar-refractivity contribution is 7.12. The van der Waals surface area contributed by atoms with Crippen LogP contribution >= 0.6 is 11.3 Å². The number of hydrogen-bond acceptors (Lipinski definition) is 3. The second-order valence-corrected chi connectivity index (χ2v) is 6.51. The molecule has 1 aliphatic heterocycles. The largest absolute Gasteiger partial charge is 0.338 e. The third-order valence-electron chi connectivity index (χ3n) is 3.77. The summed E-state index contributed by atoms with van der Waals surface area (Å²) in [6.07, 6.45) is 1.81. The number of carbonyl (C=O) groups is 1. The van der Waals surface area contributed by atoms with Gasteiger partial charge < -0.3 is 10.2 Å². The summed E-state index contributed by atoms with van der Waals surface area (Å²) in [5.41, 5.74) is 0. The van der Waals surface area contributed by atoms with E-state index in [-0.39, 0.29) is 11.9 Å². The number of nitrogens with zero attached hydrogens (tertiary/aromatic N) is 1. The molecule has 0 radical (unpaired) electrons. The molecule has 2 atom stereocenters. The number of thiophene rings is 1. The molecule has 0 aliphatic carbocycles. The standard InChI is InChI=1S/C14H22N2OS/c1-10-4-5-13(18-10)11(2)16(3)14(17)8-12-6-7-15-9-12/h4-5,11-12,15H,6-9H2,1-3H3. The molecular formula is C14H22N2OS. The van der Waals surface area contributed by atoms with Crippen LogP contribution < -0.4 is 5.32 Å². The molecule has 4 heteroatoms. The molecule has 1 saturated heterocycles. The molecular weight excluding hydrogens is 244 g/mol. The normalized spacial score (nSPS) is 20.9. The molecule has 2 rings (SSSR count). The van der Waals surface area contributed by atoms with Crippen molar-refractivity contribution in [2.75, 3.05) is 20.1 Å². The van der Waals surface area contributed by atoms with Crippen LogP contribution in [0.3, 0.4) is 0 Å². The predicted octanol–water partition coefficient (Wildman–Crippen LogP) is 2.58. The van der Waals surface area contributed by atoms with Crippen LogP contribution in [0.25, 0.3) is 0 Å². The van der Waals surface area contributed by atoms with Crippen LogP contribution in [-0.4, -0.2) is 30.9 Å². The van der Waals surface area contributed by atoms with E-state index in [1.165, 1.54) is 9.75 Å². The van der Waals surface area contributed by atoms with Crippen LogP contribution in [0, 0.1) is 12.8 Å². The average molecular weight is 266 g/mol. The van der Waals surface area contributed by atoms with E-state index < -0.39 is 0 Å². The maximum Gasteiger partial charge on any atom is 0.223 e. The zero-order valence-electron chi connectivity index (χ0n) is 11.4. The smallest absolute Gasteiger partial charge is 0.223 e. The summed E-state index contributed by atoms with van der Waals surface area (Å²) in [7, 11) is 1.92. The van der Waals surface area contributed by atoms with Crippen LogP contribution in [0.4, 0.5) is 0 Å². The minimum Gasteiger partial charge on any atom is -0.338 e. The van der Waals surface area contributed by atoms with E-state index in [1.54, 1.807) is 11.3 Å². The molecule has 100 valence electrons. The van der Waals surface area contributed by atoms with Gasteiger partial charge >= 0.3 is 0 Å². The number of carbonyl (C=O) groups excluding carboxylic acids is 1. The lowest BCUT2D eigenvalue weighted by Crippen LogP contribution is -2.31. The van der Waals surface area contributed by atoms with Crippen molar-refractivity contribution in [3.05, 3.63) is 21.9 Å². The van der Waals surface area contributed by atoms with Crippen LogP contribution in [0.2, 0.25) is 0 Å². The topological polar surface area (TPSA) is 32.3 Å². The van der Waals surface area contributed by atoms with Gasteiger partial charge in [0.1, 0.15) is 0 Å². The highest BCUT2D eigenvalue weighted by Gasteiger charge is 2.23. The lowest BCUT2D eigenvalue weighted by Gasteiger charge is -2.25. The molecule has 1 aromatic rings. The third kappa shape index (κ3) is 3.12. The van der Waals surface area contributed by atoms with E-state index in [2.05, 4.69) is 31.3 Å². The van der Waals surface area contributed by atoms with Crippen LogP contribution in [0.5, 0.6) is 0 Å². The second kappa shape index (κ2) is 5.85. The zero-order chi connectivity index (χ0) is 13.1. The molecule has 0 aromatic carbocycles. The van der Waals surface area contributed by atoms with Crippen molar-refractivity contribution in [3.63, 3.8) is 0 Å². The van der Waals surface area contributed by atoms with Gasteiger partial charge in [0.25, 0.3) is 0 Å². The predicted molar refractivity (Wildman–Crippen MR) is 75.8 cm³/mol. The molecule has 3 nitrogen and oxygen atoms in total. The van der Waals surface area contributed by atoms with E-state index in [4.69, 9.17) is 0 Å². The molecule has 18 heavy (non-hydrogen) atoms. The summed E-state index contributed by atoms with van der Waals surface area (Å²) in [5.74, 6) is 0.791. The monoisotopic (exact) mass is 266 g/mol. The number of nitrogens with one attached hydrogen (secondary N) is 1. The van der Waals surface area contributed by atoms with E-state index in [9.17, 15) is 4.79 Å². The van der Waals surface area contributed by atoms with Crippen molar-refractivity contribution in [1.82, 2.24) is 10.2 Å². The van der Waals surface area contributed by atoms with Crippen LogP contribution in [0.15, 0.2) is 12.1 Å². The summed E-state index contributed by atoms with van der Waals surface area (Å²) in [5, 5.41) is 3.31. The molecule has 0 spiro atoms. The summed E-state index contributed by atoms with van der Waals surface area (Å²) in [6.45, 7) is 6.26. The minimum absolute atomic E-state index is 0.186. The molecule has 1 amide bonds. The van der Waals surface area contributed by atoms with Crippen molar-refractivity contribution in [3.8, 4) is 0 Å². The Kier molecular flexibility index (Phi) is 4.40. The Morgan fingerprint density at radius 3 is 2.94 bits per heavy atom. The second-order valence-electron chi connectivity index (χ2n) is 5.19. The van der Waals surface area contributed by atoms with E-state index in [0.29, 0.717) is 12.3 Å². The lowest BCUT2D eigenvalue weighted by atomic mass is 10.0. The van der Waals surface area contributed by atoms with E-state index in [1.807, 2.05) is 11.9 Å². The molecule has 1 aromatic heterocycles. The highest BCUT2D eigenvalue weighted by Crippen LogP contribution is 2.27. The molecule has 0 saturated carbocycles. The lowest BCUT2D eigenvalue weighted by molar-refractivity contribution is -0.132. The summed E-state index contributed by atoms with van der Waals surface area (Å²) in [6, 6.07) is 4.44. The van der Waals surface area contributed by atoms with Crippen LogP contribution in [-0.2, 0) is 4.79 Å². The maximum absolute atomic E-state index is 12.2. The van der Waals surface area contributed by atoms with Gasteiger partial charge in [-0.25, -0.2) is 0 Å². The molecule has 0 bridgehead atoms. The summed E-state index contributed by atoms with van der Waals surface area (Å²) < 4.78 is 0. The maximum atomic E-state index is 12.2. The van der Waals surface area contributed by atoms with Gasteiger partial charge in [0.15, 0.2) is 0 Å². The molecule has 2 heterocycles. The van der Waals surface area contributed by atoms with E-state index >= 15 is 0 Å².